The maximum Gasteiger partial charge on any atom is 0.228 e. The van der Waals surface area contributed by atoms with Crippen molar-refractivity contribution in [1.29, 1.82) is 0 Å². The van der Waals surface area contributed by atoms with E-state index in [1.54, 1.807) is 0 Å². The van der Waals surface area contributed by atoms with E-state index in [1.807, 2.05) is 37.3 Å². The van der Waals surface area contributed by atoms with Crippen LogP contribution in [0.2, 0.25) is 0 Å². The number of amides is 1. The van der Waals surface area contributed by atoms with E-state index >= 15 is 0 Å². The van der Waals surface area contributed by atoms with Gasteiger partial charge in [0.05, 0.1) is 5.01 Å². The van der Waals surface area contributed by atoms with Crippen LogP contribution in [-0.2, 0) is 4.79 Å². The van der Waals surface area contributed by atoms with Gasteiger partial charge >= 0.3 is 0 Å². The van der Waals surface area contributed by atoms with Crippen molar-refractivity contribution in [1.82, 2.24) is 4.98 Å². The van der Waals surface area contributed by atoms with Crippen LogP contribution in [0, 0.1) is 18.8 Å². The maximum absolute atomic E-state index is 12.6. The van der Waals surface area contributed by atoms with Gasteiger partial charge in [-0.2, -0.15) is 0 Å². The third-order valence-corrected chi connectivity index (χ3v) is 5.20. The van der Waals surface area contributed by atoms with E-state index in [1.165, 1.54) is 11.3 Å². The van der Waals surface area contributed by atoms with Gasteiger partial charge in [0.1, 0.15) is 10.7 Å². The molecule has 0 saturated heterocycles. The molecule has 0 spiro atoms. The minimum atomic E-state index is 0. The lowest BCUT2D eigenvalue weighted by Crippen LogP contribution is -2.29. The van der Waals surface area contributed by atoms with Gasteiger partial charge < -0.3 is 11.1 Å². The smallest absolute Gasteiger partial charge is 0.228 e. The molecule has 1 amide bonds. The second-order valence-corrected chi connectivity index (χ2v) is 7.00. The average molecular weight is 352 g/mol. The molecule has 23 heavy (non-hydrogen) atoms. The van der Waals surface area contributed by atoms with E-state index in [9.17, 15) is 4.79 Å². The molecule has 0 aliphatic heterocycles. The Hall–Kier alpha value is -1.43. The molecule has 2 atom stereocenters. The third-order valence-electron chi connectivity index (χ3n) is 4.32. The summed E-state index contributed by atoms with van der Waals surface area (Å²) in [6, 6.07) is 9.98. The predicted octanol–water partition coefficient (Wildman–Crippen LogP) is 3.85. The number of aromatic nitrogens is 1. The van der Waals surface area contributed by atoms with Gasteiger partial charge in [-0.05, 0) is 32.2 Å². The summed E-state index contributed by atoms with van der Waals surface area (Å²) in [5, 5.41) is 4.90. The van der Waals surface area contributed by atoms with Gasteiger partial charge in [0, 0.05) is 11.5 Å². The molecule has 2 aromatic rings. The number of nitrogens with zero attached hydrogens (tertiary/aromatic N) is 1. The van der Waals surface area contributed by atoms with Crippen LogP contribution in [0.1, 0.15) is 24.3 Å². The summed E-state index contributed by atoms with van der Waals surface area (Å²) in [5.41, 5.74) is 7.68. The van der Waals surface area contributed by atoms with E-state index in [0.717, 1.165) is 40.5 Å². The molecule has 1 aromatic carbocycles. The van der Waals surface area contributed by atoms with E-state index < -0.39 is 0 Å². The lowest BCUT2D eigenvalue weighted by molar-refractivity contribution is -0.120. The molecule has 1 fully saturated rings. The summed E-state index contributed by atoms with van der Waals surface area (Å²) in [5.74, 6) is 0.444. The molecular formula is C17H22ClN3OS. The van der Waals surface area contributed by atoms with Crippen LogP contribution in [0.15, 0.2) is 30.3 Å². The number of rotatable bonds is 4. The first-order valence-corrected chi connectivity index (χ1v) is 8.54. The number of nitrogens with one attached hydrogen (secondary N) is 1. The summed E-state index contributed by atoms with van der Waals surface area (Å²) in [6.45, 7) is 2.55. The van der Waals surface area contributed by atoms with Crippen LogP contribution in [0.25, 0.3) is 11.3 Å². The van der Waals surface area contributed by atoms with Crippen LogP contribution in [-0.4, -0.2) is 17.4 Å². The first-order valence-electron chi connectivity index (χ1n) is 7.73. The first kappa shape index (κ1) is 17.9. The largest absolute Gasteiger partial charge is 0.330 e. The predicted molar refractivity (Wildman–Crippen MR) is 98.1 cm³/mol. The van der Waals surface area contributed by atoms with Crippen molar-refractivity contribution >= 4 is 34.7 Å². The highest BCUT2D eigenvalue weighted by atomic mass is 35.5. The zero-order chi connectivity index (χ0) is 15.5. The number of thiazole rings is 1. The van der Waals surface area contributed by atoms with E-state index in [4.69, 9.17) is 5.73 Å². The highest BCUT2D eigenvalue weighted by Crippen LogP contribution is 2.36. The van der Waals surface area contributed by atoms with Crippen molar-refractivity contribution in [2.75, 3.05) is 11.9 Å². The molecule has 0 bridgehead atoms. The number of hydrogen-bond acceptors (Lipinski definition) is 4. The lowest BCUT2D eigenvalue weighted by Gasteiger charge is -2.17. The number of hydrogen-bond donors (Lipinski definition) is 2. The lowest BCUT2D eigenvalue weighted by atomic mass is 9.95. The number of anilines is 1. The molecule has 6 heteroatoms. The summed E-state index contributed by atoms with van der Waals surface area (Å²) >= 11 is 1.53. The molecule has 0 radical (unpaired) electrons. The Bertz CT molecular complexity index is 659. The fourth-order valence-electron chi connectivity index (χ4n) is 3.17. The average Bonchev–Trinajstić information content (AvgIpc) is 3.14. The van der Waals surface area contributed by atoms with Crippen molar-refractivity contribution < 1.29 is 4.79 Å². The zero-order valence-corrected chi connectivity index (χ0v) is 14.8. The molecule has 1 aliphatic carbocycles. The molecule has 0 unspecified atom stereocenters. The molecule has 124 valence electrons. The summed E-state index contributed by atoms with van der Waals surface area (Å²) in [4.78, 5) is 17.2. The van der Waals surface area contributed by atoms with Crippen LogP contribution in [0.3, 0.4) is 0 Å². The molecule has 1 heterocycles. The van der Waals surface area contributed by atoms with Crippen LogP contribution in [0.5, 0.6) is 0 Å². The Labute approximate surface area is 146 Å². The maximum atomic E-state index is 12.6. The third kappa shape index (κ3) is 3.91. The Balaban J connectivity index is 0.00000192. The Morgan fingerprint density at radius 3 is 2.78 bits per heavy atom. The molecular weight excluding hydrogens is 330 g/mol. The van der Waals surface area contributed by atoms with Crippen LogP contribution >= 0.6 is 23.7 Å². The molecule has 1 saturated carbocycles. The molecule has 3 N–H and O–H groups in total. The second-order valence-electron chi connectivity index (χ2n) is 5.80. The van der Waals surface area contributed by atoms with Gasteiger partial charge in [-0.15, -0.1) is 23.7 Å². The van der Waals surface area contributed by atoms with E-state index in [0.29, 0.717) is 12.5 Å². The van der Waals surface area contributed by atoms with Crippen LogP contribution in [0.4, 0.5) is 5.00 Å². The highest BCUT2D eigenvalue weighted by molar-refractivity contribution is 7.16. The minimum Gasteiger partial charge on any atom is -0.330 e. The normalized spacial score (nSPS) is 20.1. The molecule has 4 nitrogen and oxygen atoms in total. The van der Waals surface area contributed by atoms with Crippen molar-refractivity contribution in [2.24, 2.45) is 17.6 Å². The van der Waals surface area contributed by atoms with Gasteiger partial charge in [0.25, 0.3) is 0 Å². The summed E-state index contributed by atoms with van der Waals surface area (Å²) in [6.07, 6.45) is 3.08. The standard InChI is InChI=1S/C17H21N3OS.ClH/c1-11-19-15(12-6-3-2-4-7-12)17(22-11)20-16(21)14-9-5-8-13(14)10-18;/h2-4,6-7,13-14H,5,8-10,18H2,1H3,(H,20,21);1H/t13-,14-;/m1./s1. The molecule has 3 rings (SSSR count). The Kier molecular flexibility index (Phi) is 6.16. The van der Waals surface area contributed by atoms with Gasteiger partial charge in [-0.1, -0.05) is 36.8 Å². The summed E-state index contributed by atoms with van der Waals surface area (Å²) < 4.78 is 0. The van der Waals surface area contributed by atoms with Crippen molar-refractivity contribution in [3.63, 3.8) is 0 Å². The number of halogens is 1. The van der Waals surface area contributed by atoms with Crippen molar-refractivity contribution in [3.8, 4) is 11.3 Å². The van der Waals surface area contributed by atoms with Crippen molar-refractivity contribution in [2.45, 2.75) is 26.2 Å². The number of nitrogens with two attached hydrogens (primary N) is 1. The fraction of sp³-hybridized carbons (Fsp3) is 0.412. The number of benzene rings is 1. The minimum absolute atomic E-state index is 0. The highest BCUT2D eigenvalue weighted by Gasteiger charge is 2.32. The van der Waals surface area contributed by atoms with Crippen LogP contribution < -0.4 is 11.1 Å². The van der Waals surface area contributed by atoms with Gasteiger partial charge in [0.2, 0.25) is 5.91 Å². The van der Waals surface area contributed by atoms with E-state index in [-0.39, 0.29) is 24.2 Å². The number of carbonyl (C=O) groups is 1. The monoisotopic (exact) mass is 351 g/mol. The number of aryl methyl sites for hydroxylation is 1. The summed E-state index contributed by atoms with van der Waals surface area (Å²) in [7, 11) is 0. The Morgan fingerprint density at radius 1 is 1.35 bits per heavy atom. The fourth-order valence-corrected chi connectivity index (χ4v) is 4.02. The van der Waals surface area contributed by atoms with E-state index in [2.05, 4.69) is 10.3 Å². The quantitative estimate of drug-likeness (QED) is 0.879. The number of carbonyl (C=O) groups excluding carboxylic acids is 1. The zero-order valence-electron chi connectivity index (χ0n) is 13.1. The second kappa shape index (κ2) is 7.90. The van der Waals surface area contributed by atoms with Gasteiger partial charge in [-0.3, -0.25) is 4.79 Å². The van der Waals surface area contributed by atoms with Gasteiger partial charge in [-0.25, -0.2) is 4.98 Å². The van der Waals surface area contributed by atoms with Crippen molar-refractivity contribution in [3.05, 3.63) is 35.3 Å². The SMILES string of the molecule is Cc1nc(-c2ccccc2)c(NC(=O)[C@@H]2CCC[C@@H]2CN)s1.Cl. The Morgan fingerprint density at radius 2 is 2.09 bits per heavy atom. The topological polar surface area (TPSA) is 68.0 Å². The molecule has 1 aliphatic rings. The molecule has 1 aromatic heterocycles. The first-order chi connectivity index (χ1) is 10.7. The van der Waals surface area contributed by atoms with Gasteiger partial charge in [0.15, 0.2) is 0 Å².